The quantitative estimate of drug-likeness (QED) is 0.190. The first kappa shape index (κ1) is 29.2. The van der Waals surface area contributed by atoms with Crippen molar-refractivity contribution in [2.24, 2.45) is 7.05 Å². The Labute approximate surface area is 230 Å². The molecule has 1 saturated heterocycles. The van der Waals surface area contributed by atoms with Crippen LogP contribution in [-0.2, 0) is 28.3 Å². The molecule has 1 aromatic carbocycles. The van der Waals surface area contributed by atoms with Crippen molar-refractivity contribution < 1.29 is 27.9 Å². The van der Waals surface area contributed by atoms with E-state index in [1.54, 1.807) is 14.0 Å². The summed E-state index contributed by atoms with van der Waals surface area (Å²) in [7, 11) is -2.28. The fourth-order valence-electron chi connectivity index (χ4n) is 4.93. The molecule has 15 heteroatoms. The van der Waals surface area contributed by atoms with Crippen LogP contribution < -0.4 is 10.3 Å². The molecule has 0 aliphatic carbocycles. The molecule has 40 heavy (non-hydrogen) atoms. The van der Waals surface area contributed by atoms with Crippen LogP contribution >= 0.6 is 0 Å². The number of aryl methyl sites for hydroxylation is 2. The van der Waals surface area contributed by atoms with E-state index in [-0.39, 0.29) is 35.9 Å². The first-order valence-electron chi connectivity index (χ1n) is 13.0. The van der Waals surface area contributed by atoms with Gasteiger partial charge in [-0.05, 0) is 31.5 Å². The zero-order valence-corrected chi connectivity index (χ0v) is 23.4. The Kier molecular flexibility index (Phi) is 8.85. The summed E-state index contributed by atoms with van der Waals surface area (Å²) in [5, 5.41) is 9.51. The third-order valence-electron chi connectivity index (χ3n) is 6.88. The van der Waals surface area contributed by atoms with Gasteiger partial charge in [0.2, 0.25) is 10.0 Å². The maximum atomic E-state index is 13.6. The van der Waals surface area contributed by atoms with Crippen molar-refractivity contribution in [1.82, 2.24) is 23.7 Å². The van der Waals surface area contributed by atoms with Crippen LogP contribution in [0.15, 0.2) is 27.9 Å². The summed E-state index contributed by atoms with van der Waals surface area (Å²) in [6.07, 6.45) is 1.98. The average molecular weight is 577 g/mol. The number of fused-ring (bicyclic) bond motifs is 1. The van der Waals surface area contributed by atoms with E-state index in [1.807, 2.05) is 11.8 Å². The van der Waals surface area contributed by atoms with Crippen molar-refractivity contribution >= 4 is 27.3 Å². The average Bonchev–Trinajstić information content (AvgIpc) is 3.20. The molecule has 0 unspecified atom stereocenters. The molecule has 0 radical (unpaired) electrons. The highest BCUT2D eigenvalue weighted by atomic mass is 32.2. The molecule has 0 saturated carbocycles. The number of H-pyrrole nitrogens is 1. The van der Waals surface area contributed by atoms with Gasteiger partial charge in [0.15, 0.2) is 6.29 Å². The number of nitrogens with one attached hydrogen (secondary N) is 1. The number of hydrogen-bond donors (Lipinski definition) is 1. The largest absolute Gasteiger partial charge is 0.493 e. The second-order valence-corrected chi connectivity index (χ2v) is 11.2. The maximum Gasteiger partial charge on any atom is 0.294 e. The molecule has 1 fully saturated rings. The molecule has 0 amide bonds. The van der Waals surface area contributed by atoms with Crippen molar-refractivity contribution in [2.75, 3.05) is 45.9 Å². The van der Waals surface area contributed by atoms with Crippen LogP contribution in [0.2, 0.25) is 0 Å². The molecule has 2 aromatic heterocycles. The molecule has 3 aromatic rings. The van der Waals surface area contributed by atoms with Gasteiger partial charge in [0, 0.05) is 45.3 Å². The standard InChI is InChI=1S/C25H32N6O8S/c1-4-6-18-20(16-32)28(3)23-22(18)26-24(27-25(23)33)19-15-17(7-8-21(19)38-5-2)40(36,37)30-11-9-29(10-12-30)13-14-39-31(34)35/h7-8,15-16H,4-6,9-14H2,1-3H3,(H,26,27,33). The Hall–Kier alpha value is -3.82. The number of hydrogen-bond acceptors (Lipinski definition) is 10. The molecule has 3 heterocycles. The molecule has 216 valence electrons. The SMILES string of the molecule is CCCc1c(C=O)n(C)c2c(=O)[nH]c(-c3cc(S(=O)(=O)N4CCN(CCO[N+](=O)[O-])CC4)ccc3OCC)nc12. The predicted molar refractivity (Wildman–Crippen MR) is 145 cm³/mol. The zero-order chi connectivity index (χ0) is 29.0. The van der Waals surface area contributed by atoms with Crippen LogP contribution in [0, 0.1) is 10.1 Å². The zero-order valence-electron chi connectivity index (χ0n) is 22.6. The summed E-state index contributed by atoms with van der Waals surface area (Å²) in [4.78, 5) is 49.0. The van der Waals surface area contributed by atoms with E-state index in [0.717, 1.165) is 6.42 Å². The Balaban J connectivity index is 1.71. The number of carbonyl (C=O) groups is 1. The molecular weight excluding hydrogens is 544 g/mol. The lowest BCUT2D eigenvalue weighted by Crippen LogP contribution is -2.49. The van der Waals surface area contributed by atoms with E-state index in [0.29, 0.717) is 67.0 Å². The number of rotatable bonds is 12. The van der Waals surface area contributed by atoms with E-state index in [4.69, 9.17) is 9.72 Å². The Morgan fingerprint density at radius 2 is 1.93 bits per heavy atom. The van der Waals surface area contributed by atoms with Gasteiger partial charge in [-0.3, -0.25) is 14.5 Å². The predicted octanol–water partition coefficient (Wildman–Crippen LogP) is 1.61. The molecular formula is C25H32N6O8S. The Morgan fingerprint density at radius 3 is 2.55 bits per heavy atom. The molecule has 0 spiro atoms. The van der Waals surface area contributed by atoms with Gasteiger partial charge in [-0.15, -0.1) is 10.1 Å². The van der Waals surface area contributed by atoms with Gasteiger partial charge >= 0.3 is 0 Å². The smallest absolute Gasteiger partial charge is 0.294 e. The molecule has 0 bridgehead atoms. The lowest BCUT2D eigenvalue weighted by Gasteiger charge is -2.33. The summed E-state index contributed by atoms with van der Waals surface area (Å²) >= 11 is 0. The van der Waals surface area contributed by atoms with Crippen molar-refractivity contribution in [2.45, 2.75) is 31.6 Å². The summed E-state index contributed by atoms with van der Waals surface area (Å²) in [5.41, 5.74) is 1.52. The lowest BCUT2D eigenvalue weighted by molar-refractivity contribution is -0.757. The number of benzene rings is 1. The summed E-state index contributed by atoms with van der Waals surface area (Å²) in [5.74, 6) is 0.483. The van der Waals surface area contributed by atoms with E-state index in [1.165, 1.54) is 27.1 Å². The second kappa shape index (κ2) is 12.1. The van der Waals surface area contributed by atoms with Gasteiger partial charge in [-0.2, -0.15) is 4.31 Å². The molecule has 4 rings (SSSR count). The van der Waals surface area contributed by atoms with Gasteiger partial charge < -0.3 is 19.1 Å². The third-order valence-corrected chi connectivity index (χ3v) is 8.77. The summed E-state index contributed by atoms with van der Waals surface area (Å²) < 4.78 is 35.8. The number of piperazine rings is 1. The highest BCUT2D eigenvalue weighted by molar-refractivity contribution is 7.89. The summed E-state index contributed by atoms with van der Waals surface area (Å²) in [6.45, 7) is 5.45. The van der Waals surface area contributed by atoms with Gasteiger partial charge in [0.1, 0.15) is 29.2 Å². The first-order chi connectivity index (χ1) is 19.1. The second-order valence-electron chi connectivity index (χ2n) is 9.30. The minimum absolute atomic E-state index is 0.00857. The number of nitrogens with zero attached hydrogens (tertiary/aromatic N) is 5. The van der Waals surface area contributed by atoms with Crippen molar-refractivity contribution in [3.8, 4) is 17.1 Å². The monoisotopic (exact) mass is 576 g/mol. The van der Waals surface area contributed by atoms with Gasteiger partial charge in [0.25, 0.3) is 10.6 Å². The van der Waals surface area contributed by atoms with Gasteiger partial charge in [-0.25, -0.2) is 13.4 Å². The van der Waals surface area contributed by atoms with Crippen molar-refractivity contribution in [1.29, 1.82) is 0 Å². The number of aromatic amines is 1. The molecule has 1 N–H and O–H groups in total. The minimum atomic E-state index is -3.92. The third kappa shape index (κ3) is 5.71. The molecule has 0 atom stereocenters. The molecule has 1 aliphatic heterocycles. The fraction of sp³-hybridized carbons (Fsp3) is 0.480. The minimum Gasteiger partial charge on any atom is -0.493 e. The maximum absolute atomic E-state index is 13.6. The van der Waals surface area contributed by atoms with Gasteiger partial charge in [-0.1, -0.05) is 13.3 Å². The lowest BCUT2D eigenvalue weighted by atomic mass is 10.1. The number of carbonyl (C=O) groups excluding carboxylic acids is 1. The van der Waals surface area contributed by atoms with Crippen LogP contribution in [0.1, 0.15) is 36.3 Å². The number of aromatic nitrogens is 3. The van der Waals surface area contributed by atoms with Crippen LogP contribution in [-0.4, -0.2) is 89.5 Å². The fourth-order valence-corrected chi connectivity index (χ4v) is 6.38. The van der Waals surface area contributed by atoms with Crippen molar-refractivity contribution in [3.05, 3.63) is 49.9 Å². The van der Waals surface area contributed by atoms with Crippen LogP contribution in [0.25, 0.3) is 22.4 Å². The van der Waals surface area contributed by atoms with E-state index < -0.39 is 20.7 Å². The van der Waals surface area contributed by atoms with Crippen LogP contribution in [0.3, 0.4) is 0 Å². The molecule has 14 nitrogen and oxygen atoms in total. The van der Waals surface area contributed by atoms with Crippen molar-refractivity contribution in [3.63, 3.8) is 0 Å². The van der Waals surface area contributed by atoms with E-state index in [9.17, 15) is 28.1 Å². The summed E-state index contributed by atoms with van der Waals surface area (Å²) in [6, 6.07) is 4.42. The van der Waals surface area contributed by atoms with E-state index in [2.05, 4.69) is 9.82 Å². The highest BCUT2D eigenvalue weighted by Crippen LogP contribution is 2.33. The van der Waals surface area contributed by atoms with Gasteiger partial charge in [0.05, 0.1) is 22.8 Å². The Bertz CT molecular complexity index is 1570. The number of sulfonamides is 1. The van der Waals surface area contributed by atoms with Crippen LogP contribution in [0.5, 0.6) is 5.75 Å². The number of ether oxygens (including phenoxy) is 1. The Morgan fingerprint density at radius 1 is 1.20 bits per heavy atom. The topological polar surface area (TPSA) is 170 Å². The number of aldehydes is 1. The normalized spacial score (nSPS) is 14.9. The van der Waals surface area contributed by atoms with Crippen LogP contribution in [0.4, 0.5) is 0 Å². The highest BCUT2D eigenvalue weighted by Gasteiger charge is 2.30. The first-order valence-corrected chi connectivity index (χ1v) is 14.4. The van der Waals surface area contributed by atoms with E-state index >= 15 is 0 Å². The molecule has 1 aliphatic rings.